The van der Waals surface area contributed by atoms with Crippen LogP contribution in [-0.4, -0.2) is 69.4 Å². The molecule has 0 aliphatic carbocycles. The number of esters is 1. The van der Waals surface area contributed by atoms with Gasteiger partial charge in [-0.2, -0.15) is 0 Å². The van der Waals surface area contributed by atoms with Gasteiger partial charge in [-0.05, 0) is 83.1 Å². The highest BCUT2D eigenvalue weighted by Crippen LogP contribution is 2.38. The molecule has 0 saturated carbocycles. The van der Waals surface area contributed by atoms with Gasteiger partial charge in [-0.3, -0.25) is 14.2 Å². The van der Waals surface area contributed by atoms with E-state index in [1.54, 1.807) is 0 Å². The Morgan fingerprint density at radius 1 is 0.424 bits per heavy atom. The third-order valence-electron chi connectivity index (χ3n) is 15.8. The van der Waals surface area contributed by atoms with Gasteiger partial charge in [0.15, 0.2) is 0 Å². The molecule has 0 aliphatic rings. The van der Waals surface area contributed by atoms with Gasteiger partial charge >= 0.3 is 5.97 Å². The van der Waals surface area contributed by atoms with Gasteiger partial charge in [-0.1, -0.05) is 318 Å². The number of carbonyl (C=O) groups excluding carboxylic acids is 2. The molecule has 0 aromatic rings. The summed E-state index contributed by atoms with van der Waals surface area (Å²) in [5, 5.41) is 3.04. The van der Waals surface area contributed by atoms with Gasteiger partial charge in [0.2, 0.25) is 5.91 Å². The maximum atomic E-state index is 13.6. The molecule has 1 N–H and O–H groups in total. The predicted octanol–water partition coefficient (Wildman–Crippen LogP) is 22.3. The molecule has 0 rings (SSSR count). The molecule has 0 bridgehead atoms. The number of quaternary nitrogens is 1. The number of ether oxygens (including phenoxy) is 1. The second kappa shape index (κ2) is 64.2. The largest absolute Gasteiger partial charge is 0.756 e. The molecule has 0 fully saturated rings. The topological polar surface area (TPSA) is 114 Å². The fourth-order valence-corrected chi connectivity index (χ4v) is 11.1. The van der Waals surface area contributed by atoms with Crippen LogP contribution in [0.5, 0.6) is 0 Å². The van der Waals surface area contributed by atoms with Crippen LogP contribution in [-0.2, 0) is 27.9 Å². The molecule has 3 atom stereocenters. The third kappa shape index (κ3) is 65.5. The summed E-state index contributed by atoms with van der Waals surface area (Å²) in [7, 11) is 1.18. The van der Waals surface area contributed by atoms with Crippen molar-refractivity contribution in [3.63, 3.8) is 0 Å². The van der Waals surface area contributed by atoms with Crippen molar-refractivity contribution in [2.24, 2.45) is 0 Å². The summed E-state index contributed by atoms with van der Waals surface area (Å²) >= 11 is 0. The van der Waals surface area contributed by atoms with Crippen molar-refractivity contribution >= 4 is 19.7 Å². The van der Waals surface area contributed by atoms with Gasteiger partial charge in [0.25, 0.3) is 7.82 Å². The molecule has 0 heterocycles. The number of unbranched alkanes of at least 4 members (excludes halogenated alkanes) is 37. The number of rotatable bonds is 65. The number of nitrogens with zero attached hydrogens (tertiary/aromatic N) is 1. The Morgan fingerprint density at radius 2 is 0.753 bits per heavy atom. The van der Waals surface area contributed by atoms with Crippen LogP contribution >= 0.6 is 7.82 Å². The molecule has 0 radical (unpaired) electrons. The lowest BCUT2D eigenvalue weighted by Crippen LogP contribution is -2.47. The van der Waals surface area contributed by atoms with Crippen LogP contribution in [0.3, 0.4) is 0 Å². The number of amides is 1. The van der Waals surface area contributed by atoms with Crippen molar-refractivity contribution in [3.05, 3.63) is 85.1 Å². The second-order valence-electron chi connectivity index (χ2n) is 25.4. The smallest absolute Gasteiger partial charge is 0.306 e. The molecule has 3 unspecified atom stereocenters. The average Bonchev–Trinajstić information content (AvgIpc) is 3.64. The van der Waals surface area contributed by atoms with Crippen LogP contribution in [0.25, 0.3) is 0 Å². The SMILES string of the molecule is CC/C=C\C/C=C\C/C=C\C/C=C\C/C=C\C/C=C\CCCCCCCCCCC(=O)NC(COP(=O)([O-])OCC[N+](C)(C)C)C(/C=C\CCCCCCCCCCC)OC(=O)CCCCCCCCCCCCCCCCCCCCCCC. The van der Waals surface area contributed by atoms with Crippen molar-refractivity contribution in [2.75, 3.05) is 40.9 Å². The minimum absolute atomic E-state index is 0.0256. The van der Waals surface area contributed by atoms with Crippen molar-refractivity contribution in [3.8, 4) is 0 Å². The summed E-state index contributed by atoms with van der Waals surface area (Å²) in [4.78, 5) is 40.2. The number of likely N-dealkylation sites (N-methyl/N-ethyl adjacent to an activating group) is 1. The van der Waals surface area contributed by atoms with Gasteiger partial charge in [-0.25, -0.2) is 0 Å². The summed E-state index contributed by atoms with van der Waals surface area (Å²) in [6.45, 7) is 6.75. The number of hydrogen-bond acceptors (Lipinski definition) is 7. The Morgan fingerprint density at radius 3 is 1.13 bits per heavy atom. The van der Waals surface area contributed by atoms with E-state index in [-0.39, 0.29) is 24.9 Å². The van der Waals surface area contributed by atoms with E-state index in [1.165, 1.54) is 186 Å². The zero-order chi connectivity index (χ0) is 62.1. The summed E-state index contributed by atoms with van der Waals surface area (Å²) in [6.07, 6.45) is 85.7. The van der Waals surface area contributed by atoms with Crippen LogP contribution in [0, 0.1) is 0 Å². The van der Waals surface area contributed by atoms with Crippen molar-refractivity contribution in [1.29, 1.82) is 0 Å². The molecular formula is C75H137N2O7P. The fraction of sp³-hybridized carbons (Fsp3) is 0.787. The molecule has 85 heavy (non-hydrogen) atoms. The first kappa shape index (κ1) is 82.2. The van der Waals surface area contributed by atoms with E-state index in [0.29, 0.717) is 17.4 Å². The molecule has 0 aromatic carbocycles. The van der Waals surface area contributed by atoms with Crippen molar-refractivity contribution < 1.29 is 37.3 Å². The van der Waals surface area contributed by atoms with E-state index in [4.69, 9.17) is 13.8 Å². The molecule has 9 nitrogen and oxygen atoms in total. The quantitative estimate of drug-likeness (QED) is 0.0212. The van der Waals surface area contributed by atoms with Crippen molar-refractivity contribution in [1.82, 2.24) is 5.32 Å². The van der Waals surface area contributed by atoms with Crippen LogP contribution in [0.4, 0.5) is 0 Å². The molecule has 1 amide bonds. The molecular weight excluding hydrogens is 1070 g/mol. The number of phosphoric ester groups is 1. The van der Waals surface area contributed by atoms with Gasteiger partial charge in [-0.15, -0.1) is 0 Å². The first-order valence-corrected chi connectivity index (χ1v) is 37.4. The fourth-order valence-electron chi connectivity index (χ4n) is 10.4. The molecule has 0 spiro atoms. The highest BCUT2D eigenvalue weighted by atomic mass is 31.2. The average molecular weight is 1210 g/mol. The lowest BCUT2D eigenvalue weighted by Gasteiger charge is -2.30. The van der Waals surface area contributed by atoms with Gasteiger partial charge in [0.1, 0.15) is 19.3 Å². The molecule has 10 heteroatoms. The van der Waals surface area contributed by atoms with E-state index in [9.17, 15) is 19.0 Å². The Balaban J connectivity index is 5.02. The predicted molar refractivity (Wildman–Crippen MR) is 367 cm³/mol. The first-order valence-electron chi connectivity index (χ1n) is 35.9. The van der Waals surface area contributed by atoms with Crippen LogP contribution in [0.1, 0.15) is 329 Å². The summed E-state index contributed by atoms with van der Waals surface area (Å²) in [5.41, 5.74) is 0. The molecule has 0 aliphatic heterocycles. The first-order chi connectivity index (χ1) is 41.4. The van der Waals surface area contributed by atoms with E-state index >= 15 is 0 Å². The Labute approximate surface area is 526 Å². The number of allylic oxidation sites excluding steroid dienone is 13. The van der Waals surface area contributed by atoms with Gasteiger partial charge in [0, 0.05) is 12.8 Å². The minimum atomic E-state index is -4.71. The zero-order valence-corrected chi connectivity index (χ0v) is 57.4. The monoisotopic (exact) mass is 1210 g/mol. The third-order valence-corrected chi connectivity index (χ3v) is 16.8. The Kier molecular flexibility index (Phi) is 62.1. The lowest BCUT2D eigenvalue weighted by molar-refractivity contribution is -0.870. The normalized spacial score (nSPS) is 14.0. The van der Waals surface area contributed by atoms with Crippen LogP contribution in [0.2, 0.25) is 0 Å². The number of nitrogens with one attached hydrogen (secondary N) is 1. The standard InChI is InChI=1S/C75H137N2O7P/c1-7-10-13-16-19-22-25-27-29-31-33-35-36-37-38-39-40-42-43-45-47-49-52-55-58-61-64-67-74(78)76-72(71-83-85(80,81)82-70-69-77(4,5)6)73(66-63-60-57-54-51-24-21-18-15-12-9-3)84-75(79)68-65-62-59-56-53-50-48-46-44-41-34-32-30-28-26-23-20-17-14-11-8-2/h10,13,19,22,27,29,33,35,37-38,40,42,63,66,72-73H,7-9,11-12,14-18,20-21,23-26,28,30-32,34,36,39,41,43-62,64-65,67-71H2,1-6H3,(H-,76,78,80,81)/b13-10-,22-19-,29-27-,35-33-,38-37-,42-40-,66-63-. The highest BCUT2D eigenvalue weighted by molar-refractivity contribution is 7.45. The van der Waals surface area contributed by atoms with E-state index < -0.39 is 26.6 Å². The lowest BCUT2D eigenvalue weighted by atomic mass is 10.0. The maximum Gasteiger partial charge on any atom is 0.306 e. The van der Waals surface area contributed by atoms with E-state index in [1.807, 2.05) is 33.3 Å². The van der Waals surface area contributed by atoms with Crippen LogP contribution < -0.4 is 10.2 Å². The molecule has 0 saturated heterocycles. The van der Waals surface area contributed by atoms with Crippen molar-refractivity contribution in [2.45, 2.75) is 341 Å². The number of carbonyl (C=O) groups is 2. The summed E-state index contributed by atoms with van der Waals surface area (Å²) in [5.74, 6) is -0.541. The van der Waals surface area contributed by atoms with Crippen LogP contribution in [0.15, 0.2) is 85.1 Å². The molecule has 0 aromatic heterocycles. The highest BCUT2D eigenvalue weighted by Gasteiger charge is 2.27. The van der Waals surface area contributed by atoms with Gasteiger partial charge < -0.3 is 28.5 Å². The number of phosphoric acid groups is 1. The summed E-state index contributed by atoms with van der Waals surface area (Å²) < 4.78 is 30.4. The summed E-state index contributed by atoms with van der Waals surface area (Å²) in [6, 6.07) is -0.896. The van der Waals surface area contributed by atoms with E-state index in [2.05, 4.69) is 99.0 Å². The van der Waals surface area contributed by atoms with E-state index in [0.717, 1.165) is 109 Å². The number of hydrogen-bond donors (Lipinski definition) is 1. The maximum absolute atomic E-state index is 13.6. The Bertz CT molecular complexity index is 1730. The zero-order valence-electron chi connectivity index (χ0n) is 56.6. The Hall–Kier alpha value is -2.81. The second-order valence-corrected chi connectivity index (χ2v) is 26.8. The minimum Gasteiger partial charge on any atom is -0.756 e. The molecule has 494 valence electrons. The van der Waals surface area contributed by atoms with Gasteiger partial charge in [0.05, 0.1) is 33.8 Å².